The number of fused-ring (bicyclic) bond motifs is 2. The van der Waals surface area contributed by atoms with Gasteiger partial charge in [0.25, 0.3) is 5.91 Å². The van der Waals surface area contributed by atoms with Crippen molar-refractivity contribution in [2.24, 2.45) is 5.10 Å². The zero-order valence-corrected chi connectivity index (χ0v) is 19.9. The highest BCUT2D eigenvalue weighted by Gasteiger charge is 2.61. The van der Waals surface area contributed by atoms with Gasteiger partial charge in [-0.2, -0.15) is 5.01 Å². The third-order valence-corrected chi connectivity index (χ3v) is 6.68. The van der Waals surface area contributed by atoms with Crippen LogP contribution in [0.1, 0.15) is 37.0 Å². The van der Waals surface area contributed by atoms with Gasteiger partial charge in [0.2, 0.25) is 16.7 Å². The number of benzene rings is 2. The average molecular weight is 467 g/mol. The van der Waals surface area contributed by atoms with Crippen molar-refractivity contribution in [2.75, 3.05) is 18.1 Å². The van der Waals surface area contributed by atoms with E-state index in [0.29, 0.717) is 25.1 Å². The number of anilines is 1. The second-order valence-electron chi connectivity index (χ2n) is 8.16. The molecule has 0 radical (unpaired) electrons. The standard InChI is InChI=1S/C24H26N4O4S/c1-15-7-5-8-19(13-15)32-12-6-11-27-21-10-9-16(2)14-20(21)24(22(27)31)28(18(4)30)26-23(33-24)25-17(3)29/h5,7-10,13-14H,6,11-12H2,1-4H3,(H,25,26,29). The number of ether oxygens (including phenoxy) is 1. The summed E-state index contributed by atoms with van der Waals surface area (Å²) >= 11 is 1.09. The molecule has 33 heavy (non-hydrogen) atoms. The molecular weight excluding hydrogens is 440 g/mol. The highest BCUT2D eigenvalue weighted by atomic mass is 32.2. The van der Waals surface area contributed by atoms with E-state index in [1.54, 1.807) is 4.90 Å². The number of hydrazone groups is 1. The van der Waals surface area contributed by atoms with E-state index in [1.807, 2.05) is 56.3 Å². The van der Waals surface area contributed by atoms with Crippen LogP contribution < -0.4 is 15.0 Å². The molecule has 4 rings (SSSR count). The first-order valence-electron chi connectivity index (χ1n) is 10.7. The summed E-state index contributed by atoms with van der Waals surface area (Å²) < 4.78 is 5.85. The van der Waals surface area contributed by atoms with Gasteiger partial charge in [-0.15, -0.1) is 5.10 Å². The van der Waals surface area contributed by atoms with Crippen LogP contribution in [0.3, 0.4) is 0 Å². The maximum Gasteiger partial charge on any atom is 0.270 e. The Morgan fingerprint density at radius 2 is 1.88 bits per heavy atom. The topological polar surface area (TPSA) is 91.3 Å². The quantitative estimate of drug-likeness (QED) is 0.683. The molecule has 172 valence electrons. The largest absolute Gasteiger partial charge is 0.494 e. The van der Waals surface area contributed by atoms with Crippen molar-refractivity contribution in [1.82, 2.24) is 10.3 Å². The van der Waals surface area contributed by atoms with Crippen molar-refractivity contribution in [3.05, 3.63) is 59.2 Å². The number of amides is 3. The molecule has 0 fully saturated rings. The number of hydrogen-bond acceptors (Lipinski definition) is 6. The van der Waals surface area contributed by atoms with Gasteiger partial charge in [0.05, 0.1) is 12.3 Å². The van der Waals surface area contributed by atoms with Crippen LogP contribution in [-0.2, 0) is 19.3 Å². The fourth-order valence-electron chi connectivity index (χ4n) is 4.07. The summed E-state index contributed by atoms with van der Waals surface area (Å²) in [6.45, 7) is 7.53. The number of thioether (sulfide) groups is 1. The Labute approximate surface area is 197 Å². The van der Waals surface area contributed by atoms with Crippen LogP contribution in [0.25, 0.3) is 0 Å². The smallest absolute Gasteiger partial charge is 0.270 e. The molecule has 1 N–H and O–H groups in total. The van der Waals surface area contributed by atoms with Gasteiger partial charge in [-0.3, -0.25) is 14.4 Å². The van der Waals surface area contributed by atoms with E-state index in [4.69, 9.17) is 4.74 Å². The molecule has 2 heterocycles. The molecule has 1 unspecified atom stereocenters. The summed E-state index contributed by atoms with van der Waals surface area (Å²) in [7, 11) is 0. The highest BCUT2D eigenvalue weighted by Crippen LogP contribution is 2.54. The first-order chi connectivity index (χ1) is 15.7. The van der Waals surface area contributed by atoms with Crippen LogP contribution >= 0.6 is 11.8 Å². The van der Waals surface area contributed by atoms with E-state index >= 15 is 0 Å². The second-order valence-corrected chi connectivity index (χ2v) is 9.34. The number of nitrogens with one attached hydrogen (secondary N) is 1. The minimum atomic E-state index is -1.37. The van der Waals surface area contributed by atoms with Gasteiger partial charge in [-0.05, 0) is 55.8 Å². The molecule has 9 heteroatoms. The molecule has 2 aliphatic heterocycles. The Morgan fingerprint density at radius 3 is 2.58 bits per heavy atom. The van der Waals surface area contributed by atoms with Gasteiger partial charge >= 0.3 is 0 Å². The Kier molecular flexibility index (Phi) is 6.16. The SMILES string of the molecule is CC(=O)NC1=NN(C(C)=O)C2(S1)C(=O)N(CCCOc1cccc(C)c1)c1ccc(C)cc12. The number of rotatable bonds is 5. The van der Waals surface area contributed by atoms with Crippen molar-refractivity contribution >= 4 is 40.3 Å². The number of carbonyl (C=O) groups is 3. The van der Waals surface area contributed by atoms with E-state index in [9.17, 15) is 14.4 Å². The van der Waals surface area contributed by atoms with E-state index in [2.05, 4.69) is 10.4 Å². The number of carbonyl (C=O) groups excluding carboxylic acids is 3. The van der Waals surface area contributed by atoms with E-state index in [-0.39, 0.29) is 22.9 Å². The number of nitrogens with zero attached hydrogens (tertiary/aromatic N) is 3. The zero-order valence-electron chi connectivity index (χ0n) is 19.0. The molecule has 0 bridgehead atoms. The van der Waals surface area contributed by atoms with Crippen molar-refractivity contribution < 1.29 is 19.1 Å². The van der Waals surface area contributed by atoms with Crippen LogP contribution in [0.4, 0.5) is 5.69 Å². The fraction of sp³-hybridized carbons (Fsp3) is 0.333. The second kappa shape index (κ2) is 8.90. The first kappa shape index (κ1) is 22.8. The van der Waals surface area contributed by atoms with Gasteiger partial charge in [0.15, 0.2) is 5.17 Å². The summed E-state index contributed by atoms with van der Waals surface area (Å²) in [4.78, 5) is 38.3. The van der Waals surface area contributed by atoms with E-state index in [0.717, 1.165) is 34.3 Å². The predicted molar refractivity (Wildman–Crippen MR) is 128 cm³/mol. The van der Waals surface area contributed by atoms with Crippen LogP contribution in [0.15, 0.2) is 47.6 Å². The van der Waals surface area contributed by atoms with Gasteiger partial charge in [0, 0.05) is 26.0 Å². The van der Waals surface area contributed by atoms with Gasteiger partial charge in [-0.1, -0.05) is 29.8 Å². The van der Waals surface area contributed by atoms with Crippen molar-refractivity contribution in [1.29, 1.82) is 0 Å². The van der Waals surface area contributed by atoms with Crippen molar-refractivity contribution in [3.63, 3.8) is 0 Å². The minimum absolute atomic E-state index is 0.225. The summed E-state index contributed by atoms with van der Waals surface area (Å²) in [5, 5.41) is 8.32. The predicted octanol–water partition coefficient (Wildman–Crippen LogP) is 3.27. The Hall–Kier alpha value is -3.33. The fourth-order valence-corrected chi connectivity index (χ4v) is 5.39. The summed E-state index contributed by atoms with van der Waals surface area (Å²) in [5.41, 5.74) is 3.50. The van der Waals surface area contributed by atoms with E-state index in [1.165, 1.54) is 18.9 Å². The third kappa shape index (κ3) is 4.20. The molecule has 0 saturated heterocycles. The monoisotopic (exact) mass is 466 g/mol. The molecule has 8 nitrogen and oxygen atoms in total. The number of aryl methyl sites for hydroxylation is 2. The summed E-state index contributed by atoms with van der Waals surface area (Å²) in [5.74, 6) is -0.171. The molecular formula is C24H26N4O4S. The molecule has 0 aromatic heterocycles. The molecule has 0 saturated carbocycles. The molecule has 2 aliphatic rings. The molecule has 0 aliphatic carbocycles. The third-order valence-electron chi connectivity index (χ3n) is 5.44. The van der Waals surface area contributed by atoms with Crippen molar-refractivity contribution in [3.8, 4) is 5.75 Å². The Bertz CT molecular complexity index is 1160. The molecule has 1 spiro atoms. The van der Waals surface area contributed by atoms with Gasteiger partial charge in [0.1, 0.15) is 5.75 Å². The lowest BCUT2D eigenvalue weighted by atomic mass is 10.0. The maximum absolute atomic E-state index is 13.8. The van der Waals surface area contributed by atoms with Crippen LogP contribution in [0.5, 0.6) is 5.75 Å². The van der Waals surface area contributed by atoms with E-state index < -0.39 is 4.87 Å². The lowest BCUT2D eigenvalue weighted by molar-refractivity contribution is -0.139. The molecule has 1 atom stereocenters. The first-order valence-corrected chi connectivity index (χ1v) is 11.5. The summed E-state index contributed by atoms with van der Waals surface area (Å²) in [6.07, 6.45) is 0.604. The Balaban J connectivity index is 1.59. The average Bonchev–Trinajstić information content (AvgIpc) is 3.23. The van der Waals surface area contributed by atoms with Crippen molar-refractivity contribution in [2.45, 2.75) is 39.0 Å². The lowest BCUT2D eigenvalue weighted by Crippen LogP contribution is -2.48. The maximum atomic E-state index is 13.8. The molecule has 3 amide bonds. The number of hydrogen-bond donors (Lipinski definition) is 1. The zero-order chi connectivity index (χ0) is 23.8. The van der Waals surface area contributed by atoms with Gasteiger partial charge in [-0.25, -0.2) is 0 Å². The van der Waals surface area contributed by atoms with Crippen LogP contribution in [0.2, 0.25) is 0 Å². The minimum Gasteiger partial charge on any atom is -0.494 e. The molecule has 2 aromatic rings. The lowest BCUT2D eigenvalue weighted by Gasteiger charge is -2.29. The summed E-state index contributed by atoms with van der Waals surface area (Å²) in [6, 6.07) is 13.6. The Morgan fingerprint density at radius 1 is 1.12 bits per heavy atom. The van der Waals surface area contributed by atoms with Crippen LogP contribution in [-0.4, -0.2) is 41.0 Å². The number of amidine groups is 1. The van der Waals surface area contributed by atoms with Gasteiger partial charge < -0.3 is 15.0 Å². The van der Waals surface area contributed by atoms with Crippen LogP contribution in [0, 0.1) is 13.8 Å². The molecule has 2 aromatic carbocycles. The highest BCUT2D eigenvalue weighted by molar-refractivity contribution is 8.15. The normalized spacial score (nSPS) is 19.0.